The highest BCUT2D eigenvalue weighted by molar-refractivity contribution is 5.14. The molecule has 1 heterocycles. The number of hydrogen-bond acceptors (Lipinski definition) is 3. The van der Waals surface area contributed by atoms with Gasteiger partial charge in [-0.3, -0.25) is 0 Å². The quantitative estimate of drug-likeness (QED) is 0.796. The summed E-state index contributed by atoms with van der Waals surface area (Å²) in [7, 11) is 0. The Morgan fingerprint density at radius 2 is 2.43 bits per heavy atom. The van der Waals surface area contributed by atoms with Gasteiger partial charge in [0.25, 0.3) is 0 Å². The molecule has 78 valence electrons. The number of rotatable bonds is 3. The summed E-state index contributed by atoms with van der Waals surface area (Å²) in [6.45, 7) is 2.92. The van der Waals surface area contributed by atoms with Gasteiger partial charge in [0.05, 0.1) is 5.69 Å². The van der Waals surface area contributed by atoms with E-state index in [9.17, 15) is 0 Å². The average Bonchev–Trinajstić information content (AvgIpc) is 2.59. The van der Waals surface area contributed by atoms with Crippen molar-refractivity contribution in [2.75, 3.05) is 6.54 Å². The lowest BCUT2D eigenvalue weighted by Gasteiger charge is -2.17. The lowest BCUT2D eigenvalue weighted by Crippen LogP contribution is -2.21. The summed E-state index contributed by atoms with van der Waals surface area (Å²) in [5, 5.41) is 0. The normalized spacial score (nSPS) is 20.9. The number of nitrogens with zero attached hydrogens (tertiary/aromatic N) is 1. The van der Waals surface area contributed by atoms with Crippen molar-refractivity contribution in [3.63, 3.8) is 0 Å². The molecule has 0 aliphatic heterocycles. The second kappa shape index (κ2) is 4.13. The summed E-state index contributed by atoms with van der Waals surface area (Å²) < 4.78 is 5.69. The van der Waals surface area contributed by atoms with Gasteiger partial charge in [-0.1, -0.05) is 6.92 Å². The SMILES string of the molecule is CCCc1nc2c(o1)CCC(CN)C2. The third-order valence-corrected chi connectivity index (χ3v) is 2.88. The summed E-state index contributed by atoms with van der Waals surface area (Å²) in [5.74, 6) is 2.63. The summed E-state index contributed by atoms with van der Waals surface area (Å²) >= 11 is 0. The molecule has 1 aliphatic rings. The Labute approximate surface area is 84.7 Å². The van der Waals surface area contributed by atoms with Gasteiger partial charge in [-0.25, -0.2) is 4.98 Å². The van der Waals surface area contributed by atoms with Gasteiger partial charge >= 0.3 is 0 Å². The van der Waals surface area contributed by atoms with Gasteiger partial charge in [0.1, 0.15) is 5.76 Å². The molecule has 0 fully saturated rings. The van der Waals surface area contributed by atoms with Crippen LogP contribution in [-0.4, -0.2) is 11.5 Å². The molecule has 0 bridgehead atoms. The van der Waals surface area contributed by atoms with Crippen LogP contribution in [0.5, 0.6) is 0 Å². The van der Waals surface area contributed by atoms with Crippen LogP contribution in [0.25, 0.3) is 0 Å². The fourth-order valence-electron chi connectivity index (χ4n) is 2.02. The molecule has 2 N–H and O–H groups in total. The van der Waals surface area contributed by atoms with Crippen LogP contribution in [-0.2, 0) is 19.3 Å². The molecule has 3 heteroatoms. The van der Waals surface area contributed by atoms with Crippen LogP contribution in [0.3, 0.4) is 0 Å². The molecule has 0 amide bonds. The monoisotopic (exact) mass is 194 g/mol. The van der Waals surface area contributed by atoms with Crippen LogP contribution >= 0.6 is 0 Å². The average molecular weight is 194 g/mol. The van der Waals surface area contributed by atoms with E-state index in [-0.39, 0.29) is 0 Å². The minimum Gasteiger partial charge on any atom is -0.445 e. The van der Waals surface area contributed by atoms with Gasteiger partial charge < -0.3 is 10.2 Å². The number of aryl methyl sites for hydroxylation is 2. The van der Waals surface area contributed by atoms with Crippen molar-refractivity contribution in [1.29, 1.82) is 0 Å². The van der Waals surface area contributed by atoms with Crippen LogP contribution in [0.4, 0.5) is 0 Å². The van der Waals surface area contributed by atoms with E-state index in [1.54, 1.807) is 0 Å². The van der Waals surface area contributed by atoms with E-state index in [2.05, 4.69) is 11.9 Å². The molecule has 0 saturated heterocycles. The Balaban J connectivity index is 2.12. The number of oxazole rings is 1. The zero-order chi connectivity index (χ0) is 9.97. The topological polar surface area (TPSA) is 52.0 Å². The molecule has 1 aromatic rings. The Kier molecular flexibility index (Phi) is 2.87. The van der Waals surface area contributed by atoms with Crippen LogP contribution in [0.2, 0.25) is 0 Å². The summed E-state index contributed by atoms with van der Waals surface area (Å²) in [5.41, 5.74) is 6.83. The molecule has 0 radical (unpaired) electrons. The fraction of sp³-hybridized carbons (Fsp3) is 0.727. The van der Waals surface area contributed by atoms with E-state index in [0.717, 1.165) is 56.0 Å². The first-order valence-corrected chi connectivity index (χ1v) is 5.51. The van der Waals surface area contributed by atoms with Crippen molar-refractivity contribution >= 4 is 0 Å². The molecule has 14 heavy (non-hydrogen) atoms. The zero-order valence-electron chi connectivity index (χ0n) is 8.75. The number of nitrogens with two attached hydrogens (primary N) is 1. The maximum absolute atomic E-state index is 5.69. The predicted octanol–water partition coefficient (Wildman–Crippen LogP) is 1.69. The Hall–Kier alpha value is -0.830. The van der Waals surface area contributed by atoms with Crippen LogP contribution in [0.1, 0.15) is 37.1 Å². The molecular formula is C11H18N2O. The number of fused-ring (bicyclic) bond motifs is 1. The molecule has 2 rings (SSSR count). The lowest BCUT2D eigenvalue weighted by atomic mass is 9.90. The van der Waals surface area contributed by atoms with Crippen molar-refractivity contribution < 1.29 is 4.42 Å². The van der Waals surface area contributed by atoms with Crippen LogP contribution in [0, 0.1) is 5.92 Å². The molecule has 1 unspecified atom stereocenters. The van der Waals surface area contributed by atoms with E-state index in [4.69, 9.17) is 10.2 Å². The third-order valence-electron chi connectivity index (χ3n) is 2.88. The van der Waals surface area contributed by atoms with Crippen LogP contribution < -0.4 is 5.73 Å². The third kappa shape index (κ3) is 1.82. The van der Waals surface area contributed by atoms with Gasteiger partial charge in [0.2, 0.25) is 0 Å². The molecular weight excluding hydrogens is 176 g/mol. The van der Waals surface area contributed by atoms with Crippen molar-refractivity contribution in [2.24, 2.45) is 11.7 Å². The van der Waals surface area contributed by atoms with Gasteiger partial charge in [-0.2, -0.15) is 0 Å². The van der Waals surface area contributed by atoms with Gasteiger partial charge in [-0.15, -0.1) is 0 Å². The van der Waals surface area contributed by atoms with Crippen molar-refractivity contribution in [2.45, 2.75) is 39.0 Å². The predicted molar refractivity (Wildman–Crippen MR) is 55.1 cm³/mol. The highest BCUT2D eigenvalue weighted by Gasteiger charge is 2.22. The van der Waals surface area contributed by atoms with Crippen molar-refractivity contribution in [3.05, 3.63) is 17.3 Å². The Bertz CT molecular complexity index is 306. The van der Waals surface area contributed by atoms with Crippen molar-refractivity contribution in [1.82, 2.24) is 4.98 Å². The van der Waals surface area contributed by atoms with Gasteiger partial charge in [-0.05, 0) is 31.7 Å². The largest absolute Gasteiger partial charge is 0.445 e. The highest BCUT2D eigenvalue weighted by Crippen LogP contribution is 2.25. The molecule has 0 spiro atoms. The molecule has 3 nitrogen and oxygen atoms in total. The van der Waals surface area contributed by atoms with Gasteiger partial charge in [0.15, 0.2) is 5.89 Å². The summed E-state index contributed by atoms with van der Waals surface area (Å²) in [6, 6.07) is 0. The first-order valence-electron chi connectivity index (χ1n) is 5.51. The Morgan fingerprint density at radius 3 is 3.14 bits per heavy atom. The molecule has 0 aromatic carbocycles. The zero-order valence-corrected chi connectivity index (χ0v) is 8.75. The smallest absolute Gasteiger partial charge is 0.194 e. The van der Waals surface area contributed by atoms with E-state index in [1.807, 2.05) is 0 Å². The maximum Gasteiger partial charge on any atom is 0.194 e. The second-order valence-corrected chi connectivity index (χ2v) is 4.07. The first kappa shape index (κ1) is 9.71. The molecule has 0 saturated carbocycles. The molecule has 1 aliphatic carbocycles. The molecule has 1 aromatic heterocycles. The lowest BCUT2D eigenvalue weighted by molar-refractivity contribution is 0.395. The minimum absolute atomic E-state index is 0.613. The maximum atomic E-state index is 5.69. The van der Waals surface area contributed by atoms with E-state index in [0.29, 0.717) is 5.92 Å². The standard InChI is InChI=1S/C11H18N2O/c1-2-3-11-13-9-6-8(7-12)4-5-10(9)14-11/h8H,2-7,12H2,1H3. The highest BCUT2D eigenvalue weighted by atomic mass is 16.4. The summed E-state index contributed by atoms with van der Waals surface area (Å²) in [6.07, 6.45) is 5.25. The van der Waals surface area contributed by atoms with Crippen LogP contribution in [0.15, 0.2) is 4.42 Å². The van der Waals surface area contributed by atoms with E-state index in [1.165, 1.54) is 0 Å². The minimum atomic E-state index is 0.613. The van der Waals surface area contributed by atoms with E-state index < -0.39 is 0 Å². The number of hydrogen-bond donors (Lipinski definition) is 1. The molecule has 1 atom stereocenters. The number of aromatic nitrogens is 1. The summed E-state index contributed by atoms with van der Waals surface area (Å²) in [4.78, 5) is 4.52. The fourth-order valence-corrected chi connectivity index (χ4v) is 2.02. The van der Waals surface area contributed by atoms with Crippen molar-refractivity contribution in [3.8, 4) is 0 Å². The van der Waals surface area contributed by atoms with E-state index >= 15 is 0 Å². The first-order chi connectivity index (χ1) is 6.83. The second-order valence-electron chi connectivity index (χ2n) is 4.07. The Morgan fingerprint density at radius 1 is 1.57 bits per heavy atom. The van der Waals surface area contributed by atoms with Gasteiger partial charge in [0, 0.05) is 12.8 Å².